The van der Waals surface area contributed by atoms with Crippen molar-refractivity contribution in [2.75, 3.05) is 6.16 Å². The molecule has 0 bridgehead atoms. The minimum absolute atomic E-state index is 0. The van der Waals surface area contributed by atoms with E-state index in [1.54, 1.807) is 0 Å². The molecule has 0 aliphatic heterocycles. The van der Waals surface area contributed by atoms with E-state index in [4.69, 9.17) is 0 Å². The molecule has 34 heavy (non-hydrogen) atoms. The minimum Gasteiger partial charge on any atom is -1.00 e. The molecular weight excluding hydrogens is 495 g/mol. The molecule has 0 spiro atoms. The standard InChI is InChI=1S/C32H44P.BrH/c1-27(2)16-14-17-28(3)18-15-19-29(4)26-33(30-20-8-5-9-21-30,31-22-10-6-11-23-31)32-24-12-7-13-25-32;/h5-13,20-25,27-29H,14-19,26H2,1-4H3;1H/q+1;/p-1. The van der Waals surface area contributed by atoms with Crippen molar-refractivity contribution < 1.29 is 17.0 Å². The van der Waals surface area contributed by atoms with Gasteiger partial charge in [-0.2, -0.15) is 0 Å². The third kappa shape index (κ3) is 8.07. The van der Waals surface area contributed by atoms with Gasteiger partial charge in [-0.25, -0.2) is 0 Å². The van der Waals surface area contributed by atoms with Crippen LogP contribution in [-0.4, -0.2) is 6.16 Å². The molecule has 0 aliphatic carbocycles. The van der Waals surface area contributed by atoms with Crippen LogP contribution in [0.5, 0.6) is 0 Å². The molecule has 0 aromatic heterocycles. The van der Waals surface area contributed by atoms with Gasteiger partial charge in [-0.1, -0.05) is 114 Å². The first-order valence-corrected chi connectivity index (χ1v) is 15.0. The van der Waals surface area contributed by atoms with E-state index >= 15 is 0 Å². The first-order valence-electron chi connectivity index (χ1n) is 13.1. The fourth-order valence-corrected chi connectivity index (χ4v) is 9.89. The van der Waals surface area contributed by atoms with Crippen molar-refractivity contribution in [1.29, 1.82) is 0 Å². The van der Waals surface area contributed by atoms with E-state index in [0.717, 1.165) is 11.8 Å². The fraction of sp³-hybridized carbons (Fsp3) is 0.438. The maximum Gasteiger partial charge on any atom is 0.112 e. The zero-order valence-corrected chi connectivity index (χ0v) is 24.1. The lowest BCUT2D eigenvalue weighted by atomic mass is 9.94. The van der Waals surface area contributed by atoms with Crippen molar-refractivity contribution >= 4 is 23.2 Å². The van der Waals surface area contributed by atoms with E-state index in [9.17, 15) is 0 Å². The second-order valence-corrected chi connectivity index (χ2v) is 14.0. The van der Waals surface area contributed by atoms with Gasteiger partial charge < -0.3 is 17.0 Å². The van der Waals surface area contributed by atoms with Crippen molar-refractivity contribution in [3.05, 3.63) is 91.0 Å². The Hall–Kier alpha value is -1.43. The fourth-order valence-electron chi connectivity index (χ4n) is 5.20. The highest BCUT2D eigenvalue weighted by molar-refractivity contribution is 7.95. The second-order valence-electron chi connectivity index (χ2n) is 10.5. The van der Waals surface area contributed by atoms with E-state index in [-0.39, 0.29) is 17.0 Å². The topological polar surface area (TPSA) is 0 Å². The number of hydrogen-bond donors (Lipinski definition) is 0. The summed E-state index contributed by atoms with van der Waals surface area (Å²) in [4.78, 5) is 0. The quantitative estimate of drug-likeness (QED) is 0.260. The van der Waals surface area contributed by atoms with Crippen LogP contribution in [0.1, 0.15) is 66.2 Å². The molecule has 0 fully saturated rings. The Balaban J connectivity index is 0.00000408. The van der Waals surface area contributed by atoms with Crippen molar-refractivity contribution in [2.45, 2.75) is 66.2 Å². The Kier molecular flexibility index (Phi) is 12.6. The Morgan fingerprint density at radius 2 is 0.853 bits per heavy atom. The molecule has 3 aromatic rings. The number of hydrogen-bond acceptors (Lipinski definition) is 0. The number of rotatable bonds is 13. The van der Waals surface area contributed by atoms with E-state index in [0.29, 0.717) is 5.92 Å². The molecule has 2 heteroatoms. The summed E-state index contributed by atoms with van der Waals surface area (Å²) < 4.78 is 0. The molecule has 2 unspecified atom stereocenters. The minimum atomic E-state index is -1.70. The summed E-state index contributed by atoms with van der Waals surface area (Å²) in [5.41, 5.74) is 0. The Morgan fingerprint density at radius 1 is 0.500 bits per heavy atom. The number of halogens is 1. The van der Waals surface area contributed by atoms with Crippen molar-refractivity contribution in [3.8, 4) is 0 Å². The van der Waals surface area contributed by atoms with Gasteiger partial charge in [-0.15, -0.1) is 0 Å². The molecule has 3 aromatic carbocycles. The predicted molar refractivity (Wildman–Crippen MR) is 151 cm³/mol. The van der Waals surface area contributed by atoms with Crippen molar-refractivity contribution in [1.82, 2.24) is 0 Å². The average molecular weight is 540 g/mol. The lowest BCUT2D eigenvalue weighted by molar-refractivity contribution is -0.00000715. The largest absolute Gasteiger partial charge is 1.00 e. The van der Waals surface area contributed by atoms with Gasteiger partial charge in [0.1, 0.15) is 23.2 Å². The lowest BCUT2D eigenvalue weighted by Crippen LogP contribution is -3.00. The molecule has 0 radical (unpaired) electrons. The maximum absolute atomic E-state index is 2.49. The Labute approximate surface area is 220 Å². The first-order chi connectivity index (χ1) is 16.0. The normalized spacial score (nSPS) is 13.3. The van der Waals surface area contributed by atoms with Crippen LogP contribution in [0.15, 0.2) is 91.0 Å². The zero-order chi connectivity index (χ0) is 23.5. The smallest absolute Gasteiger partial charge is 0.112 e. The summed E-state index contributed by atoms with van der Waals surface area (Å²) in [6.45, 7) is 9.63. The molecule has 3 rings (SSSR count). The third-order valence-electron chi connectivity index (χ3n) is 7.05. The SMILES string of the molecule is CC(C)CCCC(C)CCCC(C)C[P+](c1ccccc1)(c1ccccc1)c1ccccc1.[Br-]. The highest BCUT2D eigenvalue weighted by Gasteiger charge is 2.45. The molecule has 0 heterocycles. The van der Waals surface area contributed by atoms with Gasteiger partial charge in [-0.3, -0.25) is 0 Å². The number of benzene rings is 3. The summed E-state index contributed by atoms with van der Waals surface area (Å²) in [5.74, 6) is 2.39. The van der Waals surface area contributed by atoms with Crippen LogP contribution in [0.4, 0.5) is 0 Å². The van der Waals surface area contributed by atoms with E-state index in [2.05, 4.69) is 119 Å². The van der Waals surface area contributed by atoms with E-state index < -0.39 is 7.26 Å². The molecule has 0 nitrogen and oxygen atoms in total. The van der Waals surface area contributed by atoms with Gasteiger partial charge in [0.15, 0.2) is 0 Å². The van der Waals surface area contributed by atoms with Gasteiger partial charge in [0.05, 0.1) is 6.16 Å². The van der Waals surface area contributed by atoms with Crippen LogP contribution in [0.3, 0.4) is 0 Å². The summed E-state index contributed by atoms with van der Waals surface area (Å²) in [7, 11) is -1.70. The Bertz CT molecular complexity index is 811. The molecule has 0 N–H and O–H groups in total. The second kappa shape index (κ2) is 14.9. The third-order valence-corrected chi connectivity index (χ3v) is 11.8. The molecule has 2 atom stereocenters. The first kappa shape index (κ1) is 28.8. The van der Waals surface area contributed by atoms with Gasteiger partial charge in [0.2, 0.25) is 0 Å². The average Bonchev–Trinajstić information content (AvgIpc) is 2.84. The zero-order valence-electron chi connectivity index (χ0n) is 21.7. The van der Waals surface area contributed by atoms with Crippen LogP contribution in [0.25, 0.3) is 0 Å². The molecule has 0 saturated heterocycles. The highest BCUT2D eigenvalue weighted by atomic mass is 79.9. The van der Waals surface area contributed by atoms with Gasteiger partial charge in [0.25, 0.3) is 0 Å². The van der Waals surface area contributed by atoms with Crippen LogP contribution in [0, 0.1) is 17.8 Å². The van der Waals surface area contributed by atoms with Crippen LogP contribution in [0.2, 0.25) is 0 Å². The van der Waals surface area contributed by atoms with Crippen molar-refractivity contribution in [3.63, 3.8) is 0 Å². The lowest BCUT2D eigenvalue weighted by Gasteiger charge is -2.30. The summed E-state index contributed by atoms with van der Waals surface area (Å²) >= 11 is 0. The molecule has 184 valence electrons. The van der Waals surface area contributed by atoms with Gasteiger partial charge in [-0.05, 0) is 60.6 Å². The molecular formula is C32H44BrP. The predicted octanol–water partition coefficient (Wildman–Crippen LogP) is 5.25. The summed E-state index contributed by atoms with van der Waals surface area (Å²) in [6.07, 6.45) is 9.44. The van der Waals surface area contributed by atoms with Crippen LogP contribution < -0.4 is 32.9 Å². The van der Waals surface area contributed by atoms with E-state index in [1.165, 1.54) is 60.6 Å². The van der Waals surface area contributed by atoms with Crippen LogP contribution in [-0.2, 0) is 0 Å². The Morgan fingerprint density at radius 3 is 1.24 bits per heavy atom. The van der Waals surface area contributed by atoms with Gasteiger partial charge in [0, 0.05) is 0 Å². The summed E-state index contributed by atoms with van der Waals surface area (Å²) in [5, 5.41) is 4.53. The highest BCUT2D eigenvalue weighted by Crippen LogP contribution is 2.57. The molecule has 0 amide bonds. The molecule has 0 aliphatic rings. The monoisotopic (exact) mass is 538 g/mol. The summed E-state index contributed by atoms with van der Waals surface area (Å²) in [6, 6.07) is 34.0. The van der Waals surface area contributed by atoms with E-state index in [1.807, 2.05) is 0 Å². The van der Waals surface area contributed by atoms with Gasteiger partial charge >= 0.3 is 0 Å². The maximum atomic E-state index is 2.49. The van der Waals surface area contributed by atoms with Crippen molar-refractivity contribution in [2.24, 2.45) is 17.8 Å². The molecule has 0 saturated carbocycles. The van der Waals surface area contributed by atoms with Crippen LogP contribution >= 0.6 is 7.26 Å².